The summed E-state index contributed by atoms with van der Waals surface area (Å²) in [7, 11) is 0. The van der Waals surface area contributed by atoms with E-state index in [2.05, 4.69) is 15.9 Å². The number of hydrogen-bond donors (Lipinski definition) is 1. The highest BCUT2D eigenvalue weighted by molar-refractivity contribution is 9.10. The van der Waals surface area contributed by atoms with Gasteiger partial charge in [-0.2, -0.15) is 0 Å². The van der Waals surface area contributed by atoms with Gasteiger partial charge in [-0.1, -0.05) is 27.5 Å². The molecular formula is C13H13BrClNO5. The molecular weight excluding hydrogens is 366 g/mol. The Hall–Kier alpha value is -1.31. The molecule has 1 atom stereocenters. The summed E-state index contributed by atoms with van der Waals surface area (Å²) < 4.78 is 11.2. The van der Waals surface area contributed by atoms with Crippen LogP contribution < -0.4 is 4.74 Å². The maximum Gasteiger partial charge on any atom is 0.334 e. The Morgan fingerprint density at radius 2 is 2.29 bits per heavy atom. The third-order valence-corrected chi connectivity index (χ3v) is 3.73. The number of rotatable bonds is 4. The van der Waals surface area contributed by atoms with Crippen LogP contribution in [-0.2, 0) is 14.3 Å². The van der Waals surface area contributed by atoms with Crippen molar-refractivity contribution in [1.29, 1.82) is 0 Å². The first-order chi connectivity index (χ1) is 9.97. The number of benzene rings is 1. The third kappa shape index (κ3) is 4.33. The number of carboxylic acid groups (broad SMARTS) is 1. The fraction of sp³-hybridized carbons (Fsp3) is 0.385. The number of ether oxygens (including phenoxy) is 2. The topological polar surface area (TPSA) is 76.1 Å². The lowest BCUT2D eigenvalue weighted by molar-refractivity contribution is -0.159. The largest absolute Gasteiger partial charge is 0.482 e. The molecule has 8 heteroatoms. The Morgan fingerprint density at radius 3 is 2.95 bits per heavy atom. The molecule has 0 spiro atoms. The van der Waals surface area contributed by atoms with E-state index >= 15 is 0 Å². The summed E-state index contributed by atoms with van der Waals surface area (Å²) in [5, 5.41) is 9.28. The van der Waals surface area contributed by atoms with Crippen molar-refractivity contribution in [2.24, 2.45) is 0 Å². The van der Waals surface area contributed by atoms with Crippen LogP contribution in [0.4, 0.5) is 0 Å². The highest BCUT2D eigenvalue weighted by Gasteiger charge is 2.29. The van der Waals surface area contributed by atoms with E-state index in [0.29, 0.717) is 17.3 Å². The minimum atomic E-state index is -1.08. The number of carboxylic acids is 1. The minimum absolute atomic E-state index is 0.0194. The molecule has 2 rings (SSSR count). The van der Waals surface area contributed by atoms with E-state index in [0.717, 1.165) is 4.47 Å². The molecule has 0 radical (unpaired) electrons. The summed E-state index contributed by atoms with van der Waals surface area (Å²) in [5.41, 5.74) is 0. The predicted molar refractivity (Wildman–Crippen MR) is 78.6 cm³/mol. The van der Waals surface area contributed by atoms with E-state index in [1.807, 2.05) is 0 Å². The second-order valence-corrected chi connectivity index (χ2v) is 5.72. The van der Waals surface area contributed by atoms with Crippen LogP contribution in [0.2, 0.25) is 5.02 Å². The zero-order valence-electron chi connectivity index (χ0n) is 10.9. The second-order valence-electron chi connectivity index (χ2n) is 4.40. The van der Waals surface area contributed by atoms with Gasteiger partial charge >= 0.3 is 5.97 Å². The number of hydrogen-bond acceptors (Lipinski definition) is 4. The van der Waals surface area contributed by atoms with Gasteiger partial charge in [-0.05, 0) is 18.2 Å². The molecule has 0 aromatic heterocycles. The molecule has 1 aliphatic heterocycles. The molecule has 114 valence electrons. The standard InChI is InChI=1S/C13H13BrClNO5/c14-8-1-2-10(9(15)5-8)21-7-12(17)16-3-4-20-11(6-16)13(18)19/h1-2,5,11H,3-4,6-7H2,(H,18,19)/t11-/m0/s1. The van der Waals surface area contributed by atoms with Gasteiger partial charge in [0.05, 0.1) is 18.2 Å². The van der Waals surface area contributed by atoms with Crippen molar-refractivity contribution in [3.05, 3.63) is 27.7 Å². The molecule has 1 N–H and O–H groups in total. The number of amides is 1. The number of carbonyl (C=O) groups is 2. The molecule has 1 heterocycles. The zero-order valence-corrected chi connectivity index (χ0v) is 13.3. The normalized spacial score (nSPS) is 18.4. The van der Waals surface area contributed by atoms with Crippen molar-refractivity contribution in [1.82, 2.24) is 4.90 Å². The monoisotopic (exact) mass is 377 g/mol. The molecule has 0 unspecified atom stereocenters. The van der Waals surface area contributed by atoms with Gasteiger partial charge in [0, 0.05) is 11.0 Å². The Labute approximate surface area is 134 Å². The molecule has 21 heavy (non-hydrogen) atoms. The molecule has 1 aliphatic rings. The van der Waals surface area contributed by atoms with Crippen LogP contribution >= 0.6 is 27.5 Å². The smallest absolute Gasteiger partial charge is 0.334 e. The lowest BCUT2D eigenvalue weighted by Crippen LogP contribution is -2.49. The molecule has 6 nitrogen and oxygen atoms in total. The van der Waals surface area contributed by atoms with E-state index in [1.165, 1.54) is 4.90 Å². The lowest BCUT2D eigenvalue weighted by Gasteiger charge is -2.30. The van der Waals surface area contributed by atoms with Gasteiger partial charge in [0.25, 0.3) is 5.91 Å². The summed E-state index contributed by atoms with van der Waals surface area (Å²) >= 11 is 9.26. The van der Waals surface area contributed by atoms with Crippen LogP contribution in [0.1, 0.15) is 0 Å². The number of carbonyl (C=O) groups excluding carboxylic acids is 1. The fourth-order valence-electron chi connectivity index (χ4n) is 1.85. The van der Waals surface area contributed by atoms with Crippen LogP contribution in [0, 0.1) is 0 Å². The summed E-state index contributed by atoms with van der Waals surface area (Å²) in [4.78, 5) is 24.3. The molecule has 0 bridgehead atoms. The van der Waals surface area contributed by atoms with Crippen molar-refractivity contribution in [3.8, 4) is 5.75 Å². The molecule has 1 amide bonds. The molecule has 0 saturated carbocycles. The van der Waals surface area contributed by atoms with E-state index in [-0.39, 0.29) is 25.7 Å². The Bertz CT molecular complexity index is 553. The number of aliphatic carboxylic acids is 1. The van der Waals surface area contributed by atoms with E-state index in [1.54, 1.807) is 18.2 Å². The van der Waals surface area contributed by atoms with Gasteiger partial charge in [-0.15, -0.1) is 0 Å². The SMILES string of the molecule is O=C(O)[C@@H]1CN(C(=O)COc2ccc(Br)cc2Cl)CCO1. The first-order valence-electron chi connectivity index (χ1n) is 6.17. The van der Waals surface area contributed by atoms with Crippen LogP contribution in [0.5, 0.6) is 5.75 Å². The van der Waals surface area contributed by atoms with Crippen LogP contribution in [-0.4, -0.2) is 54.3 Å². The average Bonchev–Trinajstić information content (AvgIpc) is 2.46. The molecule has 1 fully saturated rings. The first-order valence-corrected chi connectivity index (χ1v) is 7.34. The fourth-order valence-corrected chi connectivity index (χ4v) is 2.58. The summed E-state index contributed by atoms with van der Waals surface area (Å²) in [6.45, 7) is 0.362. The third-order valence-electron chi connectivity index (χ3n) is 2.94. The van der Waals surface area contributed by atoms with Crippen LogP contribution in [0.25, 0.3) is 0 Å². The summed E-state index contributed by atoms with van der Waals surface area (Å²) in [6, 6.07) is 5.07. The van der Waals surface area contributed by atoms with Crippen molar-refractivity contribution >= 4 is 39.4 Å². The minimum Gasteiger partial charge on any atom is -0.482 e. The zero-order chi connectivity index (χ0) is 15.4. The maximum absolute atomic E-state index is 12.0. The van der Waals surface area contributed by atoms with Gasteiger partial charge in [0.2, 0.25) is 0 Å². The van der Waals surface area contributed by atoms with E-state index in [9.17, 15) is 9.59 Å². The van der Waals surface area contributed by atoms with Gasteiger partial charge in [-0.3, -0.25) is 4.79 Å². The highest BCUT2D eigenvalue weighted by atomic mass is 79.9. The van der Waals surface area contributed by atoms with Gasteiger partial charge in [-0.25, -0.2) is 4.79 Å². The molecule has 1 aromatic carbocycles. The Morgan fingerprint density at radius 1 is 1.52 bits per heavy atom. The molecule has 1 aromatic rings. The Kier molecular flexibility index (Phi) is 5.44. The number of nitrogens with zero attached hydrogens (tertiary/aromatic N) is 1. The number of halogens is 2. The molecule has 1 saturated heterocycles. The first kappa shape index (κ1) is 16.1. The second kappa shape index (κ2) is 7.11. The van der Waals surface area contributed by atoms with E-state index in [4.69, 9.17) is 26.2 Å². The quantitative estimate of drug-likeness (QED) is 0.864. The lowest BCUT2D eigenvalue weighted by atomic mass is 10.2. The van der Waals surface area contributed by atoms with Crippen LogP contribution in [0.3, 0.4) is 0 Å². The van der Waals surface area contributed by atoms with Gasteiger partial charge < -0.3 is 19.5 Å². The van der Waals surface area contributed by atoms with Crippen LogP contribution in [0.15, 0.2) is 22.7 Å². The average molecular weight is 379 g/mol. The predicted octanol–water partition coefficient (Wildman–Crippen LogP) is 1.79. The summed E-state index contributed by atoms with van der Waals surface area (Å²) in [6.07, 6.45) is -0.987. The van der Waals surface area contributed by atoms with Gasteiger partial charge in [0.1, 0.15) is 5.75 Å². The number of morpholine rings is 1. The molecule has 0 aliphatic carbocycles. The van der Waals surface area contributed by atoms with Crippen molar-refractivity contribution in [3.63, 3.8) is 0 Å². The Balaban J connectivity index is 1.90. The highest BCUT2D eigenvalue weighted by Crippen LogP contribution is 2.27. The van der Waals surface area contributed by atoms with Crippen molar-refractivity contribution in [2.75, 3.05) is 26.3 Å². The van der Waals surface area contributed by atoms with Gasteiger partial charge in [0.15, 0.2) is 12.7 Å². The maximum atomic E-state index is 12.0. The van der Waals surface area contributed by atoms with Crippen molar-refractivity contribution in [2.45, 2.75) is 6.10 Å². The van der Waals surface area contributed by atoms with E-state index < -0.39 is 12.1 Å². The summed E-state index contributed by atoms with van der Waals surface area (Å²) in [5.74, 6) is -0.982. The van der Waals surface area contributed by atoms with Crippen molar-refractivity contribution < 1.29 is 24.2 Å².